The maximum Gasteiger partial charge on any atom is 0.261 e. The molecule has 114 valence electrons. The zero-order valence-corrected chi connectivity index (χ0v) is 13.0. The Morgan fingerprint density at radius 2 is 1.86 bits per heavy atom. The van der Waals surface area contributed by atoms with Gasteiger partial charge in [0, 0.05) is 25.0 Å². The van der Waals surface area contributed by atoms with Gasteiger partial charge in [-0.2, -0.15) is 5.10 Å². The molecule has 2 N–H and O–H groups in total. The highest BCUT2D eigenvalue weighted by molar-refractivity contribution is 7.92. The average Bonchev–Trinajstić information content (AvgIpc) is 2.92. The van der Waals surface area contributed by atoms with Gasteiger partial charge in [-0.25, -0.2) is 8.42 Å². The van der Waals surface area contributed by atoms with E-state index in [0.717, 1.165) is 18.7 Å². The van der Waals surface area contributed by atoms with Crippen LogP contribution in [0.2, 0.25) is 0 Å². The van der Waals surface area contributed by atoms with Gasteiger partial charge in [-0.15, -0.1) is 0 Å². The number of hydrogen-bond acceptors (Lipinski definition) is 4. The van der Waals surface area contributed by atoms with Crippen LogP contribution < -0.4 is 10.0 Å². The van der Waals surface area contributed by atoms with Crippen molar-refractivity contribution in [2.75, 3.05) is 16.6 Å². The number of hydrogen-bond donors (Lipinski definition) is 2. The molecule has 0 radical (unpaired) electrons. The highest BCUT2D eigenvalue weighted by Gasteiger charge is 2.14. The highest BCUT2D eigenvalue weighted by Crippen LogP contribution is 2.17. The quantitative estimate of drug-likeness (QED) is 0.824. The molecular formula is C14H20N4O2S. The number of anilines is 2. The molecule has 2 aromatic rings. The summed E-state index contributed by atoms with van der Waals surface area (Å²) in [6.45, 7) is 5.57. The van der Waals surface area contributed by atoms with E-state index < -0.39 is 10.0 Å². The lowest BCUT2D eigenvalue weighted by atomic mass is 10.3. The Labute approximate surface area is 125 Å². The molecule has 6 nitrogen and oxygen atoms in total. The second-order valence-electron chi connectivity index (χ2n) is 4.64. The molecule has 0 amide bonds. The maximum atomic E-state index is 12.3. The first-order chi connectivity index (χ1) is 10.0. The standard InChI is InChI=1S/C14H20N4O2S/c1-3-9-15-12-5-7-14(8-6-12)21(19,20)17-13-10-16-18(4-2)11-13/h5-8,10-11,15,17H,3-4,9H2,1-2H3. The van der Waals surface area contributed by atoms with Crippen LogP contribution in [0.5, 0.6) is 0 Å². The SMILES string of the molecule is CCCNc1ccc(S(=O)(=O)Nc2cnn(CC)c2)cc1. The first-order valence-electron chi connectivity index (χ1n) is 6.94. The molecule has 0 saturated heterocycles. The molecule has 0 aliphatic heterocycles. The predicted molar refractivity (Wildman–Crippen MR) is 83.9 cm³/mol. The smallest absolute Gasteiger partial charge is 0.261 e. The van der Waals surface area contributed by atoms with Crippen LogP contribution >= 0.6 is 0 Å². The summed E-state index contributed by atoms with van der Waals surface area (Å²) in [6, 6.07) is 6.70. The third-order valence-electron chi connectivity index (χ3n) is 2.95. The molecule has 0 aliphatic carbocycles. The van der Waals surface area contributed by atoms with Crippen LogP contribution in [0.1, 0.15) is 20.3 Å². The summed E-state index contributed by atoms with van der Waals surface area (Å²) in [5.74, 6) is 0. The van der Waals surface area contributed by atoms with E-state index in [4.69, 9.17) is 0 Å². The van der Waals surface area contributed by atoms with Crippen LogP contribution in [0.3, 0.4) is 0 Å². The molecule has 0 unspecified atom stereocenters. The summed E-state index contributed by atoms with van der Waals surface area (Å²) in [4.78, 5) is 0.230. The van der Waals surface area contributed by atoms with Gasteiger partial charge in [-0.05, 0) is 37.6 Å². The van der Waals surface area contributed by atoms with Crippen molar-refractivity contribution in [2.24, 2.45) is 0 Å². The Morgan fingerprint density at radius 1 is 1.14 bits per heavy atom. The number of aromatic nitrogens is 2. The highest BCUT2D eigenvalue weighted by atomic mass is 32.2. The Balaban J connectivity index is 2.11. The summed E-state index contributed by atoms with van der Waals surface area (Å²) in [6.07, 6.45) is 4.18. The Bertz CT molecular complexity index is 677. The fraction of sp³-hybridized carbons (Fsp3) is 0.357. The Kier molecular flexibility index (Phi) is 4.85. The minimum absolute atomic E-state index is 0.230. The van der Waals surface area contributed by atoms with E-state index in [1.807, 2.05) is 6.92 Å². The number of aryl methyl sites for hydroxylation is 1. The molecule has 2 rings (SSSR count). The van der Waals surface area contributed by atoms with Gasteiger partial charge >= 0.3 is 0 Å². The number of benzene rings is 1. The van der Waals surface area contributed by atoms with Crippen molar-refractivity contribution in [2.45, 2.75) is 31.7 Å². The molecule has 0 spiro atoms. The third-order valence-corrected chi connectivity index (χ3v) is 4.35. The van der Waals surface area contributed by atoms with Crippen LogP contribution in [0, 0.1) is 0 Å². The minimum Gasteiger partial charge on any atom is -0.385 e. The van der Waals surface area contributed by atoms with Gasteiger partial charge in [0.25, 0.3) is 10.0 Å². The number of nitrogens with one attached hydrogen (secondary N) is 2. The molecule has 1 aromatic carbocycles. The molecule has 7 heteroatoms. The molecule has 0 bridgehead atoms. The third kappa shape index (κ3) is 3.98. The molecule has 0 saturated carbocycles. The van der Waals surface area contributed by atoms with Gasteiger partial charge in [0.2, 0.25) is 0 Å². The molecule has 21 heavy (non-hydrogen) atoms. The van der Waals surface area contributed by atoms with Crippen molar-refractivity contribution in [3.8, 4) is 0 Å². The summed E-state index contributed by atoms with van der Waals surface area (Å²) < 4.78 is 28.7. The first kappa shape index (κ1) is 15.4. The van der Waals surface area contributed by atoms with Crippen molar-refractivity contribution in [1.29, 1.82) is 0 Å². The van der Waals surface area contributed by atoms with Crippen molar-refractivity contribution in [1.82, 2.24) is 9.78 Å². The average molecular weight is 308 g/mol. The van der Waals surface area contributed by atoms with Crippen LogP contribution in [0.25, 0.3) is 0 Å². The van der Waals surface area contributed by atoms with Gasteiger partial charge in [-0.1, -0.05) is 6.92 Å². The lowest BCUT2D eigenvalue weighted by Crippen LogP contribution is -2.12. The van der Waals surface area contributed by atoms with E-state index >= 15 is 0 Å². The lowest BCUT2D eigenvalue weighted by molar-refractivity contribution is 0.601. The zero-order chi connectivity index (χ0) is 15.3. The number of rotatable bonds is 7. The number of sulfonamides is 1. The van der Waals surface area contributed by atoms with E-state index in [0.29, 0.717) is 12.2 Å². The summed E-state index contributed by atoms with van der Waals surface area (Å²) in [5, 5.41) is 7.25. The molecule has 1 aromatic heterocycles. The van der Waals surface area contributed by atoms with Crippen LogP contribution in [0.4, 0.5) is 11.4 Å². The molecule has 0 fully saturated rings. The van der Waals surface area contributed by atoms with E-state index in [-0.39, 0.29) is 4.90 Å². The molecule has 1 heterocycles. The van der Waals surface area contributed by atoms with Crippen LogP contribution in [-0.2, 0) is 16.6 Å². The van der Waals surface area contributed by atoms with Crippen molar-refractivity contribution in [3.63, 3.8) is 0 Å². The fourth-order valence-electron chi connectivity index (χ4n) is 1.82. The second kappa shape index (κ2) is 6.62. The van der Waals surface area contributed by atoms with Gasteiger partial charge in [0.1, 0.15) is 0 Å². The lowest BCUT2D eigenvalue weighted by Gasteiger charge is -2.08. The summed E-state index contributed by atoms with van der Waals surface area (Å²) >= 11 is 0. The van der Waals surface area contributed by atoms with Gasteiger partial charge in [0.05, 0.1) is 16.8 Å². The maximum absolute atomic E-state index is 12.3. The molecule has 0 aliphatic rings. The molecular weight excluding hydrogens is 288 g/mol. The Hall–Kier alpha value is -2.02. The molecule has 0 atom stereocenters. The zero-order valence-electron chi connectivity index (χ0n) is 12.2. The van der Waals surface area contributed by atoms with E-state index in [1.165, 1.54) is 6.20 Å². The second-order valence-corrected chi connectivity index (χ2v) is 6.32. The fourth-order valence-corrected chi connectivity index (χ4v) is 2.85. The minimum atomic E-state index is -3.58. The summed E-state index contributed by atoms with van der Waals surface area (Å²) in [5.41, 5.74) is 1.37. The topological polar surface area (TPSA) is 76.0 Å². The van der Waals surface area contributed by atoms with E-state index in [1.54, 1.807) is 35.1 Å². The number of nitrogens with zero attached hydrogens (tertiary/aromatic N) is 2. The van der Waals surface area contributed by atoms with E-state index in [2.05, 4.69) is 22.1 Å². The summed E-state index contributed by atoms with van der Waals surface area (Å²) in [7, 11) is -3.58. The van der Waals surface area contributed by atoms with Gasteiger partial charge in [-0.3, -0.25) is 9.40 Å². The first-order valence-corrected chi connectivity index (χ1v) is 8.42. The normalized spacial score (nSPS) is 11.3. The van der Waals surface area contributed by atoms with Crippen molar-refractivity contribution >= 4 is 21.4 Å². The monoisotopic (exact) mass is 308 g/mol. The largest absolute Gasteiger partial charge is 0.385 e. The van der Waals surface area contributed by atoms with Crippen molar-refractivity contribution in [3.05, 3.63) is 36.7 Å². The van der Waals surface area contributed by atoms with E-state index in [9.17, 15) is 8.42 Å². The predicted octanol–water partition coefficient (Wildman–Crippen LogP) is 2.53. The Morgan fingerprint density at radius 3 is 2.43 bits per heavy atom. The van der Waals surface area contributed by atoms with Gasteiger partial charge in [0.15, 0.2) is 0 Å². The van der Waals surface area contributed by atoms with Crippen LogP contribution in [0.15, 0.2) is 41.6 Å². The van der Waals surface area contributed by atoms with Crippen LogP contribution in [-0.4, -0.2) is 24.7 Å². The van der Waals surface area contributed by atoms with Crippen molar-refractivity contribution < 1.29 is 8.42 Å². The van der Waals surface area contributed by atoms with Gasteiger partial charge < -0.3 is 5.32 Å².